The largest absolute Gasteiger partial charge is 0.394 e. The number of hydrogen-bond acceptors (Lipinski definition) is 5. The third kappa shape index (κ3) is 3.14. The number of aliphatic hydroxyl groups is 2. The van der Waals surface area contributed by atoms with Gasteiger partial charge in [0.2, 0.25) is 12.6 Å². The summed E-state index contributed by atoms with van der Waals surface area (Å²) in [5.74, 6) is -3.67. The molecule has 108 valence electrons. The Morgan fingerprint density at radius 2 is 2.21 bits per heavy atom. The van der Waals surface area contributed by atoms with E-state index in [1.54, 1.807) is 6.92 Å². The maximum Gasteiger partial charge on any atom is 0.320 e. The molecule has 0 bridgehead atoms. The quantitative estimate of drug-likeness (QED) is 0.537. The Balaban J connectivity index is 2.93. The number of allylic oxidation sites excluding steroid dienone is 1. The molecule has 3 unspecified atom stereocenters. The summed E-state index contributed by atoms with van der Waals surface area (Å²) in [5, 5.41) is 18.2. The monoisotopic (exact) mass is 278 g/mol. The average molecular weight is 278 g/mol. The fourth-order valence-electron chi connectivity index (χ4n) is 1.57. The van der Waals surface area contributed by atoms with Gasteiger partial charge in [-0.05, 0) is 13.0 Å². The molecule has 0 radical (unpaired) electrons. The first-order valence-electron chi connectivity index (χ1n) is 5.55. The van der Waals surface area contributed by atoms with Crippen molar-refractivity contribution >= 4 is 12.1 Å². The standard InChI is InChI=1S/C11H16F2N2O4/c1-7(14-2)3-4-15(6-17)10-11(12,13)9(18)8(5-16)19-10/h3-4,6,8-10,16,18H,5H2,1-2H3/b4-3-,14-7?. The van der Waals surface area contributed by atoms with E-state index < -0.39 is 31.0 Å². The Bertz CT molecular complexity index is 387. The van der Waals surface area contributed by atoms with Crippen LogP contribution in [0.3, 0.4) is 0 Å². The van der Waals surface area contributed by atoms with Crippen LogP contribution in [-0.2, 0) is 9.53 Å². The first-order chi connectivity index (χ1) is 8.88. The lowest BCUT2D eigenvalue weighted by atomic mass is 10.1. The zero-order valence-corrected chi connectivity index (χ0v) is 10.5. The van der Waals surface area contributed by atoms with Gasteiger partial charge in [-0.3, -0.25) is 14.7 Å². The van der Waals surface area contributed by atoms with Gasteiger partial charge in [-0.2, -0.15) is 8.78 Å². The normalized spacial score (nSPS) is 30.8. The van der Waals surface area contributed by atoms with Gasteiger partial charge in [-0.15, -0.1) is 0 Å². The summed E-state index contributed by atoms with van der Waals surface area (Å²) < 4.78 is 32.3. The molecule has 8 heteroatoms. The van der Waals surface area contributed by atoms with Crippen molar-refractivity contribution in [2.75, 3.05) is 13.7 Å². The molecule has 1 aliphatic heterocycles. The van der Waals surface area contributed by atoms with Crippen LogP contribution in [0.2, 0.25) is 0 Å². The molecule has 1 heterocycles. The maximum absolute atomic E-state index is 13.7. The minimum absolute atomic E-state index is 0.157. The van der Waals surface area contributed by atoms with Crippen LogP contribution in [-0.4, -0.2) is 65.2 Å². The number of aliphatic imine (C=N–C) groups is 1. The van der Waals surface area contributed by atoms with Crippen LogP contribution in [0.1, 0.15) is 6.92 Å². The molecule has 0 saturated carbocycles. The highest BCUT2D eigenvalue weighted by Crippen LogP contribution is 2.37. The van der Waals surface area contributed by atoms with Gasteiger partial charge < -0.3 is 14.9 Å². The molecule has 2 N–H and O–H groups in total. The molecule has 0 spiro atoms. The maximum atomic E-state index is 13.7. The highest BCUT2D eigenvalue weighted by molar-refractivity contribution is 5.92. The molecule has 0 aromatic rings. The third-order valence-electron chi connectivity index (χ3n) is 2.79. The molecular weight excluding hydrogens is 262 g/mol. The Labute approximate surface area is 109 Å². The van der Waals surface area contributed by atoms with E-state index in [1.807, 2.05) is 0 Å². The smallest absolute Gasteiger partial charge is 0.320 e. The van der Waals surface area contributed by atoms with Crippen molar-refractivity contribution in [3.63, 3.8) is 0 Å². The van der Waals surface area contributed by atoms with Crippen molar-refractivity contribution in [1.29, 1.82) is 0 Å². The van der Waals surface area contributed by atoms with Gasteiger partial charge in [-0.1, -0.05) is 0 Å². The van der Waals surface area contributed by atoms with Gasteiger partial charge in [0.15, 0.2) is 6.10 Å². The van der Waals surface area contributed by atoms with E-state index >= 15 is 0 Å². The van der Waals surface area contributed by atoms with Crippen LogP contribution in [0.15, 0.2) is 17.3 Å². The fraction of sp³-hybridized carbons (Fsp3) is 0.636. The van der Waals surface area contributed by atoms with Crippen molar-refractivity contribution in [2.24, 2.45) is 4.99 Å². The Morgan fingerprint density at radius 1 is 1.58 bits per heavy atom. The molecule has 1 fully saturated rings. The van der Waals surface area contributed by atoms with Gasteiger partial charge in [0.1, 0.15) is 6.10 Å². The summed E-state index contributed by atoms with van der Waals surface area (Å²) >= 11 is 0. The molecule has 1 amide bonds. The predicted octanol–water partition coefficient (Wildman–Crippen LogP) is -0.237. The van der Waals surface area contributed by atoms with Crippen LogP contribution < -0.4 is 0 Å². The van der Waals surface area contributed by atoms with E-state index in [0.29, 0.717) is 10.6 Å². The zero-order chi connectivity index (χ0) is 14.6. The summed E-state index contributed by atoms with van der Waals surface area (Å²) in [5.41, 5.74) is 0.521. The van der Waals surface area contributed by atoms with E-state index in [0.717, 1.165) is 6.20 Å². The number of ether oxygens (including phenoxy) is 1. The number of rotatable bonds is 5. The molecule has 0 aliphatic carbocycles. The second-order valence-electron chi connectivity index (χ2n) is 4.06. The topological polar surface area (TPSA) is 82.4 Å². The number of amides is 1. The Kier molecular flexibility index (Phi) is 5.10. The van der Waals surface area contributed by atoms with Crippen LogP contribution in [0.4, 0.5) is 8.78 Å². The lowest BCUT2D eigenvalue weighted by molar-refractivity contribution is -0.163. The number of alkyl halides is 2. The zero-order valence-electron chi connectivity index (χ0n) is 10.5. The Hall–Kier alpha value is -1.38. The van der Waals surface area contributed by atoms with Crippen LogP contribution in [0, 0.1) is 0 Å². The number of carbonyl (C=O) groups excluding carboxylic acids is 1. The highest BCUT2D eigenvalue weighted by atomic mass is 19.3. The minimum Gasteiger partial charge on any atom is -0.394 e. The summed E-state index contributed by atoms with van der Waals surface area (Å²) in [6, 6.07) is 0. The summed E-state index contributed by atoms with van der Waals surface area (Å²) in [6.07, 6.45) is -2.97. The van der Waals surface area contributed by atoms with Crippen LogP contribution in [0.25, 0.3) is 0 Å². The number of nitrogens with zero attached hydrogens (tertiary/aromatic N) is 2. The van der Waals surface area contributed by atoms with Gasteiger partial charge >= 0.3 is 5.92 Å². The fourth-order valence-corrected chi connectivity index (χ4v) is 1.57. The second-order valence-corrected chi connectivity index (χ2v) is 4.06. The van der Waals surface area contributed by atoms with Crippen LogP contribution >= 0.6 is 0 Å². The van der Waals surface area contributed by atoms with Gasteiger partial charge in [-0.25, -0.2) is 0 Å². The molecule has 6 nitrogen and oxygen atoms in total. The Morgan fingerprint density at radius 3 is 2.63 bits per heavy atom. The lowest BCUT2D eigenvalue weighted by Crippen LogP contribution is -2.47. The molecule has 3 atom stereocenters. The summed E-state index contributed by atoms with van der Waals surface area (Å²) in [7, 11) is 1.51. The second kappa shape index (κ2) is 6.18. The highest BCUT2D eigenvalue weighted by Gasteiger charge is 2.60. The molecule has 1 saturated heterocycles. The molecule has 1 aliphatic rings. The predicted molar refractivity (Wildman–Crippen MR) is 62.8 cm³/mol. The van der Waals surface area contributed by atoms with Gasteiger partial charge in [0.05, 0.1) is 6.61 Å². The van der Waals surface area contributed by atoms with Crippen molar-refractivity contribution in [1.82, 2.24) is 4.90 Å². The molecule has 1 rings (SSSR count). The van der Waals surface area contributed by atoms with Gasteiger partial charge in [0.25, 0.3) is 0 Å². The number of carbonyl (C=O) groups is 1. The van der Waals surface area contributed by atoms with Crippen LogP contribution in [0.5, 0.6) is 0 Å². The van der Waals surface area contributed by atoms with Crippen molar-refractivity contribution in [3.8, 4) is 0 Å². The minimum atomic E-state index is -3.67. The number of halogens is 2. The first-order valence-corrected chi connectivity index (χ1v) is 5.55. The van der Waals surface area contributed by atoms with Crippen molar-refractivity contribution < 1.29 is 28.5 Å². The SMILES string of the molecule is CN=C(C)/C=C\N(C=O)C1OC(CO)C(O)C1(F)F. The van der Waals surface area contributed by atoms with Gasteiger partial charge in [0, 0.05) is 19.0 Å². The first kappa shape index (κ1) is 15.7. The summed E-state index contributed by atoms with van der Waals surface area (Å²) in [6.45, 7) is 0.859. The lowest BCUT2D eigenvalue weighted by Gasteiger charge is -2.25. The summed E-state index contributed by atoms with van der Waals surface area (Å²) in [4.78, 5) is 15.2. The number of aliphatic hydroxyl groups excluding tert-OH is 2. The molecular formula is C11H16F2N2O4. The van der Waals surface area contributed by atoms with Crippen molar-refractivity contribution in [3.05, 3.63) is 12.3 Å². The third-order valence-corrected chi connectivity index (χ3v) is 2.79. The number of hydrogen-bond donors (Lipinski definition) is 2. The van der Waals surface area contributed by atoms with E-state index in [-0.39, 0.29) is 6.41 Å². The average Bonchev–Trinajstić information content (AvgIpc) is 2.62. The van der Waals surface area contributed by atoms with E-state index in [4.69, 9.17) is 9.84 Å². The molecule has 0 aromatic carbocycles. The molecule has 19 heavy (non-hydrogen) atoms. The van der Waals surface area contributed by atoms with E-state index in [1.165, 1.54) is 13.1 Å². The van der Waals surface area contributed by atoms with Crippen molar-refractivity contribution in [2.45, 2.75) is 31.3 Å². The van der Waals surface area contributed by atoms with E-state index in [2.05, 4.69) is 4.99 Å². The van der Waals surface area contributed by atoms with E-state index in [9.17, 15) is 18.7 Å². The molecule has 0 aromatic heterocycles.